The van der Waals surface area contributed by atoms with E-state index in [4.69, 9.17) is 25.8 Å². The number of benzene rings is 4. The quantitative estimate of drug-likeness (QED) is 0.0464. The molecule has 1 atom stereocenters. The number of unbranched alkanes of at least 4 members (excludes halogenated alkanes) is 2. The van der Waals surface area contributed by atoms with Crippen LogP contribution < -0.4 is 15.6 Å². The van der Waals surface area contributed by atoms with Crippen LogP contribution in [0.25, 0.3) is 38.5 Å². The molecule has 1 amide bonds. The third-order valence-electron chi connectivity index (χ3n) is 12.6. The number of nitrogens with zero attached hydrogens (tertiary/aromatic N) is 2. The van der Waals surface area contributed by atoms with Gasteiger partial charge in [0, 0.05) is 70.4 Å². The first-order chi connectivity index (χ1) is 31.0. The lowest BCUT2D eigenvalue weighted by Crippen LogP contribution is -2.40. The zero-order valence-corrected chi connectivity index (χ0v) is 39.2. The van der Waals surface area contributed by atoms with Crippen molar-refractivity contribution in [2.24, 2.45) is 0 Å². The van der Waals surface area contributed by atoms with Gasteiger partial charge in [0.2, 0.25) is 5.91 Å². The summed E-state index contributed by atoms with van der Waals surface area (Å²) >= 11 is 7.22. The molecule has 64 heavy (non-hydrogen) atoms. The van der Waals surface area contributed by atoms with Crippen molar-refractivity contribution in [3.05, 3.63) is 118 Å². The maximum absolute atomic E-state index is 12.6. The van der Waals surface area contributed by atoms with Gasteiger partial charge in [0.15, 0.2) is 0 Å². The SMILES string of the molecule is CCCOCCOCCOCCNC(=O)CCCCCN1c2ccc3ccccc3c2C(C)(C)C1/C=C/C1=C(Cl)C(=C/C=c2\c3cccc4cccc(c43)n2CCCS(=O)(=O)O)/CC1. The first kappa shape index (κ1) is 47.5. The lowest BCUT2D eigenvalue weighted by molar-refractivity contribution is -0.121. The molecular formula is C52H64ClN3O7S. The van der Waals surface area contributed by atoms with Gasteiger partial charge in [-0.3, -0.25) is 9.35 Å². The number of allylic oxidation sites excluding steroid dienone is 5. The molecule has 0 spiro atoms. The van der Waals surface area contributed by atoms with E-state index in [1.807, 2.05) is 6.07 Å². The van der Waals surface area contributed by atoms with Gasteiger partial charge >= 0.3 is 0 Å². The van der Waals surface area contributed by atoms with E-state index < -0.39 is 10.1 Å². The summed E-state index contributed by atoms with van der Waals surface area (Å²) in [6.45, 7) is 12.0. The Hall–Kier alpha value is -4.49. The van der Waals surface area contributed by atoms with E-state index in [2.05, 4.69) is 127 Å². The molecule has 0 bridgehead atoms. The van der Waals surface area contributed by atoms with Crippen LogP contribution in [0, 0.1) is 0 Å². The van der Waals surface area contributed by atoms with E-state index in [9.17, 15) is 17.8 Å². The van der Waals surface area contributed by atoms with Gasteiger partial charge in [0.1, 0.15) is 0 Å². The highest BCUT2D eigenvalue weighted by Crippen LogP contribution is 2.49. The molecule has 5 aromatic rings. The fourth-order valence-corrected chi connectivity index (χ4v) is 10.3. The largest absolute Gasteiger partial charge is 0.379 e. The number of carbonyl (C=O) groups excluding carboxylic acids is 1. The van der Waals surface area contributed by atoms with Crippen LogP contribution in [0.1, 0.15) is 77.7 Å². The van der Waals surface area contributed by atoms with Crippen molar-refractivity contribution in [2.45, 2.75) is 90.1 Å². The van der Waals surface area contributed by atoms with Crippen LogP contribution in [0.3, 0.4) is 0 Å². The van der Waals surface area contributed by atoms with E-state index in [-0.39, 0.29) is 23.1 Å². The molecule has 7 rings (SSSR count). The Morgan fingerprint density at radius 2 is 1.55 bits per heavy atom. The normalized spacial score (nSPS) is 17.4. The minimum Gasteiger partial charge on any atom is -0.379 e. The van der Waals surface area contributed by atoms with Crippen molar-refractivity contribution >= 4 is 71.8 Å². The number of aromatic nitrogens is 1. The summed E-state index contributed by atoms with van der Waals surface area (Å²) < 4.78 is 51.3. The first-order valence-corrected chi connectivity index (χ1v) is 25.0. The third kappa shape index (κ3) is 11.5. The number of rotatable bonds is 24. The monoisotopic (exact) mass is 909 g/mol. The Labute approximate surface area is 383 Å². The van der Waals surface area contributed by atoms with Crippen LogP contribution in [0.4, 0.5) is 5.69 Å². The predicted octanol–water partition coefficient (Wildman–Crippen LogP) is 9.80. The molecule has 1 aliphatic carbocycles. The van der Waals surface area contributed by atoms with Gasteiger partial charge in [-0.1, -0.05) is 118 Å². The van der Waals surface area contributed by atoms with E-state index in [1.54, 1.807) is 0 Å². The first-order valence-electron chi connectivity index (χ1n) is 23.0. The Morgan fingerprint density at radius 3 is 2.33 bits per heavy atom. The van der Waals surface area contributed by atoms with Crippen LogP contribution >= 0.6 is 11.6 Å². The molecule has 0 saturated heterocycles. The molecule has 10 nitrogen and oxygen atoms in total. The second-order valence-corrected chi connectivity index (χ2v) is 19.4. The maximum Gasteiger partial charge on any atom is 0.264 e. The van der Waals surface area contributed by atoms with Crippen molar-refractivity contribution in [1.82, 2.24) is 9.88 Å². The highest BCUT2D eigenvalue weighted by molar-refractivity contribution is 7.85. The fraction of sp³-hybridized carbons (Fsp3) is 0.442. The molecule has 1 aromatic heterocycles. The molecular weight excluding hydrogens is 846 g/mol. The molecule has 1 unspecified atom stereocenters. The van der Waals surface area contributed by atoms with Crippen LogP contribution in [0.15, 0.2) is 107 Å². The third-order valence-corrected chi connectivity index (χ3v) is 13.9. The summed E-state index contributed by atoms with van der Waals surface area (Å²) in [5.41, 5.74) is 5.66. The summed E-state index contributed by atoms with van der Waals surface area (Å²) in [5.74, 6) is -0.243. The van der Waals surface area contributed by atoms with Crippen molar-refractivity contribution in [3.63, 3.8) is 0 Å². The van der Waals surface area contributed by atoms with Gasteiger partial charge in [0.05, 0.1) is 44.8 Å². The zero-order chi connectivity index (χ0) is 45.1. The average Bonchev–Trinajstić information content (AvgIpc) is 3.86. The number of hydrogen-bond donors (Lipinski definition) is 2. The summed E-state index contributed by atoms with van der Waals surface area (Å²) in [4.78, 5) is 15.2. The van der Waals surface area contributed by atoms with Crippen molar-refractivity contribution in [2.75, 3.05) is 63.4 Å². The number of carbonyl (C=O) groups is 1. The summed E-state index contributed by atoms with van der Waals surface area (Å²) in [6.07, 6.45) is 15.0. The number of anilines is 1. The summed E-state index contributed by atoms with van der Waals surface area (Å²) in [7, 11) is -4.07. The lowest BCUT2D eigenvalue weighted by atomic mass is 9.78. The van der Waals surface area contributed by atoms with Gasteiger partial charge in [-0.15, -0.1) is 0 Å². The van der Waals surface area contributed by atoms with Crippen molar-refractivity contribution in [3.8, 4) is 0 Å². The Bertz CT molecular complexity index is 2660. The molecule has 12 heteroatoms. The van der Waals surface area contributed by atoms with Crippen molar-refractivity contribution < 1.29 is 32.0 Å². The van der Waals surface area contributed by atoms with E-state index in [0.717, 1.165) is 94.9 Å². The van der Waals surface area contributed by atoms with Crippen LogP contribution in [0.5, 0.6) is 0 Å². The molecule has 2 N–H and O–H groups in total. The van der Waals surface area contributed by atoms with Crippen LogP contribution in [0.2, 0.25) is 0 Å². The summed E-state index contributed by atoms with van der Waals surface area (Å²) in [5, 5.41) is 10.6. The topological polar surface area (TPSA) is 119 Å². The second-order valence-electron chi connectivity index (χ2n) is 17.5. The molecule has 1 aliphatic heterocycles. The number of amides is 1. The molecule has 0 fully saturated rings. The van der Waals surface area contributed by atoms with E-state index >= 15 is 0 Å². The molecule has 2 heterocycles. The molecule has 4 aromatic carbocycles. The fourth-order valence-electron chi connectivity index (χ4n) is 9.50. The van der Waals surface area contributed by atoms with Gasteiger partial charge in [-0.25, -0.2) is 0 Å². The number of fused-ring (bicyclic) bond motifs is 3. The Kier molecular flexibility index (Phi) is 16.4. The Morgan fingerprint density at radius 1 is 0.828 bits per heavy atom. The highest BCUT2D eigenvalue weighted by atomic mass is 35.5. The van der Waals surface area contributed by atoms with Gasteiger partial charge in [0.25, 0.3) is 10.1 Å². The van der Waals surface area contributed by atoms with Crippen LogP contribution in [-0.4, -0.2) is 88.0 Å². The standard InChI is InChI=1S/C52H64ClN3O7S/c1-4-31-61-33-35-63-36-34-62-32-28-54-48(57)19-6-5-9-29-56-46-26-22-38-13-7-8-16-42(38)50(46)52(2,3)47(56)27-24-41-21-20-40(51(41)53)23-25-44-43-17-10-14-39-15-11-18-45(49(39)43)55(44)30-12-37-64(58,59)60/h7-8,10-11,13-18,22-27,47H,4-6,9,12,19-21,28-37H2,1-3H3,(H,54,57)(H,58,59,60)/b27-24+,40-23+,44-25+. The molecule has 342 valence electrons. The van der Waals surface area contributed by atoms with Crippen LogP contribution in [-0.2, 0) is 41.1 Å². The smallest absolute Gasteiger partial charge is 0.264 e. The maximum atomic E-state index is 12.6. The molecule has 0 saturated carbocycles. The number of aryl methyl sites for hydroxylation is 1. The lowest BCUT2D eigenvalue weighted by Gasteiger charge is -2.32. The predicted molar refractivity (Wildman–Crippen MR) is 262 cm³/mol. The highest BCUT2D eigenvalue weighted by Gasteiger charge is 2.44. The van der Waals surface area contributed by atoms with E-state index in [1.165, 1.54) is 22.0 Å². The Balaban J connectivity index is 1.01. The molecule has 2 aliphatic rings. The van der Waals surface area contributed by atoms with Gasteiger partial charge in [-0.05, 0) is 89.6 Å². The summed E-state index contributed by atoms with van der Waals surface area (Å²) in [6, 6.07) is 25.7. The number of halogens is 1. The van der Waals surface area contributed by atoms with Gasteiger partial charge < -0.3 is 29.0 Å². The van der Waals surface area contributed by atoms with Gasteiger partial charge in [-0.2, -0.15) is 8.42 Å². The minimum absolute atomic E-state index is 0.0536. The average molecular weight is 911 g/mol. The van der Waals surface area contributed by atoms with E-state index in [0.29, 0.717) is 59.0 Å². The zero-order valence-electron chi connectivity index (χ0n) is 37.6. The number of ether oxygens (including phenoxy) is 3. The molecule has 0 radical (unpaired) electrons. The second kappa shape index (κ2) is 22.1. The van der Waals surface area contributed by atoms with Crippen molar-refractivity contribution in [1.29, 1.82) is 0 Å². The number of nitrogens with one attached hydrogen (secondary N) is 1. The minimum atomic E-state index is -4.07. The number of hydrogen-bond acceptors (Lipinski definition) is 7.